The van der Waals surface area contributed by atoms with Crippen molar-refractivity contribution in [3.63, 3.8) is 0 Å². The van der Waals surface area contributed by atoms with E-state index in [0.717, 1.165) is 44.1 Å². The Labute approximate surface area is 110 Å². The molecule has 19 heavy (non-hydrogen) atoms. The molecule has 3 nitrogen and oxygen atoms in total. The predicted molar refractivity (Wildman–Crippen MR) is 69.8 cm³/mol. The molecule has 0 amide bonds. The van der Waals surface area contributed by atoms with Crippen LogP contribution in [0.4, 0.5) is 8.78 Å². The maximum Gasteiger partial charge on any atom is 0.153 e. The lowest BCUT2D eigenvalue weighted by atomic mass is 9.91. The summed E-state index contributed by atoms with van der Waals surface area (Å²) in [7, 11) is 0. The van der Waals surface area contributed by atoms with Gasteiger partial charge in [0.1, 0.15) is 17.2 Å². The van der Waals surface area contributed by atoms with Crippen molar-refractivity contribution in [3.8, 4) is 0 Å². The maximum atomic E-state index is 13.7. The molecule has 1 unspecified atom stereocenters. The van der Waals surface area contributed by atoms with Crippen molar-refractivity contribution >= 4 is 11.0 Å². The summed E-state index contributed by atoms with van der Waals surface area (Å²) in [6, 6.07) is 2.17. The van der Waals surface area contributed by atoms with Crippen LogP contribution in [0.3, 0.4) is 0 Å². The Bertz CT molecular complexity index is 600. The number of aromatic nitrogens is 2. The van der Waals surface area contributed by atoms with E-state index in [2.05, 4.69) is 22.2 Å². The fourth-order valence-corrected chi connectivity index (χ4v) is 3.04. The summed E-state index contributed by atoms with van der Waals surface area (Å²) in [5.41, 5.74) is 0.439. The second kappa shape index (κ2) is 4.56. The van der Waals surface area contributed by atoms with Gasteiger partial charge in [0.05, 0.1) is 11.1 Å². The summed E-state index contributed by atoms with van der Waals surface area (Å²) in [5.74, 6) is -0.461. The number of aromatic amines is 1. The number of rotatable bonds is 3. The first-order valence-corrected chi connectivity index (χ1v) is 6.75. The molecule has 5 heteroatoms. The minimum absolute atomic E-state index is 0.212. The Hall–Kier alpha value is -1.49. The zero-order valence-corrected chi connectivity index (χ0v) is 10.9. The summed E-state index contributed by atoms with van der Waals surface area (Å²) < 4.78 is 26.9. The number of benzene rings is 1. The van der Waals surface area contributed by atoms with E-state index >= 15 is 0 Å². The Kier molecular flexibility index (Phi) is 3.01. The van der Waals surface area contributed by atoms with Gasteiger partial charge in [-0.25, -0.2) is 13.8 Å². The van der Waals surface area contributed by atoms with Crippen LogP contribution in [0.5, 0.6) is 0 Å². The van der Waals surface area contributed by atoms with Gasteiger partial charge in [-0.3, -0.25) is 0 Å². The average molecular weight is 265 g/mol. The summed E-state index contributed by atoms with van der Waals surface area (Å²) in [6.45, 7) is 3.05. The molecular weight excluding hydrogens is 248 g/mol. The van der Waals surface area contributed by atoms with Gasteiger partial charge < -0.3 is 10.3 Å². The molecule has 102 valence electrons. The van der Waals surface area contributed by atoms with E-state index in [-0.39, 0.29) is 11.1 Å². The van der Waals surface area contributed by atoms with Gasteiger partial charge in [-0.2, -0.15) is 0 Å². The van der Waals surface area contributed by atoms with Crippen molar-refractivity contribution in [1.82, 2.24) is 15.3 Å². The Morgan fingerprint density at radius 3 is 2.89 bits per heavy atom. The normalized spacial score (nSPS) is 23.3. The molecule has 3 rings (SSSR count). The highest BCUT2D eigenvalue weighted by atomic mass is 19.1. The second-order valence-corrected chi connectivity index (χ2v) is 5.23. The number of nitrogens with one attached hydrogen (secondary N) is 2. The smallest absolute Gasteiger partial charge is 0.153 e. The van der Waals surface area contributed by atoms with Gasteiger partial charge in [0.25, 0.3) is 0 Å². The van der Waals surface area contributed by atoms with Gasteiger partial charge >= 0.3 is 0 Å². The van der Waals surface area contributed by atoms with Crippen molar-refractivity contribution in [3.05, 3.63) is 29.6 Å². The molecule has 1 aliphatic rings. The fraction of sp³-hybridized carbons (Fsp3) is 0.500. The molecule has 1 aromatic carbocycles. The van der Waals surface area contributed by atoms with Gasteiger partial charge in [0.2, 0.25) is 0 Å². The molecule has 0 aliphatic carbocycles. The quantitative estimate of drug-likeness (QED) is 0.894. The van der Waals surface area contributed by atoms with E-state index < -0.39 is 11.6 Å². The minimum atomic E-state index is -0.609. The van der Waals surface area contributed by atoms with Crippen LogP contribution < -0.4 is 5.32 Å². The Morgan fingerprint density at radius 1 is 1.37 bits per heavy atom. The van der Waals surface area contributed by atoms with E-state index in [4.69, 9.17) is 0 Å². The number of H-pyrrole nitrogens is 1. The van der Waals surface area contributed by atoms with Gasteiger partial charge in [0.15, 0.2) is 5.82 Å². The molecule has 1 aromatic heterocycles. The zero-order chi connectivity index (χ0) is 13.5. The lowest BCUT2D eigenvalue weighted by Crippen LogP contribution is -2.37. The predicted octanol–water partition coefficient (Wildman–Crippen LogP) is 3.22. The third-order valence-corrected chi connectivity index (χ3v) is 3.88. The summed E-state index contributed by atoms with van der Waals surface area (Å²) in [5, 5.41) is 3.47. The Morgan fingerprint density at radius 2 is 2.21 bits per heavy atom. The number of hydrogen-bond acceptors (Lipinski definition) is 2. The van der Waals surface area contributed by atoms with Crippen LogP contribution in [0.25, 0.3) is 11.0 Å². The van der Waals surface area contributed by atoms with Gasteiger partial charge in [0, 0.05) is 6.07 Å². The van der Waals surface area contributed by atoms with E-state index in [1.54, 1.807) is 0 Å². The number of fused-ring (bicyclic) bond motifs is 1. The van der Waals surface area contributed by atoms with Crippen LogP contribution in [-0.4, -0.2) is 16.5 Å². The lowest BCUT2D eigenvalue weighted by molar-refractivity contribution is 0.338. The summed E-state index contributed by atoms with van der Waals surface area (Å²) in [4.78, 5) is 7.46. The average Bonchev–Trinajstić information content (AvgIpc) is 2.96. The monoisotopic (exact) mass is 265 g/mol. The van der Waals surface area contributed by atoms with E-state index in [0.29, 0.717) is 5.52 Å². The first-order chi connectivity index (χ1) is 9.14. The highest BCUT2D eigenvalue weighted by Gasteiger charge is 2.37. The summed E-state index contributed by atoms with van der Waals surface area (Å²) in [6.07, 6.45) is 4.01. The van der Waals surface area contributed by atoms with Crippen LogP contribution in [0.1, 0.15) is 38.4 Å². The highest BCUT2D eigenvalue weighted by molar-refractivity contribution is 5.76. The summed E-state index contributed by atoms with van der Waals surface area (Å²) >= 11 is 0. The topological polar surface area (TPSA) is 40.7 Å². The highest BCUT2D eigenvalue weighted by Crippen LogP contribution is 2.34. The fourth-order valence-electron chi connectivity index (χ4n) is 3.04. The third kappa shape index (κ3) is 2.02. The minimum Gasteiger partial charge on any atom is -0.340 e. The van der Waals surface area contributed by atoms with Crippen molar-refractivity contribution in [2.24, 2.45) is 0 Å². The molecule has 1 fully saturated rings. The molecule has 1 atom stereocenters. The van der Waals surface area contributed by atoms with Gasteiger partial charge in [-0.1, -0.05) is 13.3 Å². The molecular formula is C14H17F2N3. The molecule has 1 saturated heterocycles. The molecule has 2 heterocycles. The van der Waals surface area contributed by atoms with Crippen LogP contribution in [-0.2, 0) is 5.54 Å². The molecule has 0 saturated carbocycles. The first kappa shape index (κ1) is 12.5. The molecule has 1 aliphatic heterocycles. The SMILES string of the molecule is CCCC1(c2nc3c(F)cc(F)cc3[nH]2)CCCN1. The maximum absolute atomic E-state index is 13.7. The van der Waals surface area contributed by atoms with Gasteiger partial charge in [-0.15, -0.1) is 0 Å². The number of nitrogens with zero attached hydrogens (tertiary/aromatic N) is 1. The first-order valence-electron chi connectivity index (χ1n) is 6.75. The third-order valence-electron chi connectivity index (χ3n) is 3.88. The largest absolute Gasteiger partial charge is 0.340 e. The Balaban J connectivity index is 2.11. The lowest BCUT2D eigenvalue weighted by Gasteiger charge is -2.26. The van der Waals surface area contributed by atoms with Crippen LogP contribution in [0, 0.1) is 11.6 Å². The van der Waals surface area contributed by atoms with Crippen LogP contribution >= 0.6 is 0 Å². The molecule has 2 aromatic rings. The standard InChI is InChI=1S/C14H17F2N3/c1-2-4-14(5-3-6-17-14)13-18-11-8-9(15)7-10(16)12(11)19-13/h7-8,17H,2-6H2,1H3,(H,18,19). The number of hydrogen-bond donors (Lipinski definition) is 2. The van der Waals surface area contributed by atoms with Crippen LogP contribution in [0.2, 0.25) is 0 Å². The number of imidazole rings is 1. The van der Waals surface area contributed by atoms with Crippen molar-refractivity contribution < 1.29 is 8.78 Å². The van der Waals surface area contributed by atoms with Crippen molar-refractivity contribution in [2.75, 3.05) is 6.54 Å². The van der Waals surface area contributed by atoms with E-state index in [1.807, 2.05) is 0 Å². The molecule has 0 bridgehead atoms. The van der Waals surface area contributed by atoms with Crippen molar-refractivity contribution in [2.45, 2.75) is 38.1 Å². The number of halogens is 2. The van der Waals surface area contributed by atoms with E-state index in [1.165, 1.54) is 6.07 Å². The zero-order valence-electron chi connectivity index (χ0n) is 10.9. The second-order valence-electron chi connectivity index (χ2n) is 5.23. The molecule has 0 radical (unpaired) electrons. The van der Waals surface area contributed by atoms with Crippen LogP contribution in [0.15, 0.2) is 12.1 Å². The molecule has 0 spiro atoms. The van der Waals surface area contributed by atoms with E-state index in [9.17, 15) is 8.78 Å². The van der Waals surface area contributed by atoms with Crippen molar-refractivity contribution in [1.29, 1.82) is 0 Å². The van der Waals surface area contributed by atoms with Gasteiger partial charge in [-0.05, 0) is 31.9 Å². The molecule has 2 N–H and O–H groups in total.